The van der Waals surface area contributed by atoms with Crippen molar-refractivity contribution in [2.45, 2.75) is 15.2 Å². The molecule has 1 spiro atoms. The van der Waals surface area contributed by atoms with Gasteiger partial charge in [0, 0.05) is 54.3 Å². The number of rotatable bonds is 2. The van der Waals surface area contributed by atoms with Gasteiger partial charge in [-0.05, 0) is 81.9 Å². The summed E-state index contributed by atoms with van der Waals surface area (Å²) in [7, 11) is -3.38. The van der Waals surface area contributed by atoms with E-state index < -0.39 is 12.6 Å². The number of nitrogens with zero attached hydrogens (tertiary/aromatic N) is 2. The summed E-state index contributed by atoms with van der Waals surface area (Å²) in [5.41, 5.74) is 8.18. The van der Waals surface area contributed by atoms with E-state index in [4.69, 9.17) is 4.42 Å². The van der Waals surface area contributed by atoms with Crippen molar-refractivity contribution in [3.63, 3.8) is 0 Å². The van der Waals surface area contributed by atoms with Crippen molar-refractivity contribution in [3.05, 3.63) is 186 Å². The Morgan fingerprint density at radius 1 is 0.529 bits per heavy atom. The summed E-state index contributed by atoms with van der Waals surface area (Å²) in [4.78, 5) is 11.4. The molecule has 0 fully saturated rings. The third-order valence-corrected chi connectivity index (χ3v) is 15.0. The highest BCUT2D eigenvalue weighted by molar-refractivity contribution is 7.99. The van der Waals surface area contributed by atoms with Crippen LogP contribution in [-0.2, 0) is 9.98 Å². The van der Waals surface area contributed by atoms with Crippen LogP contribution < -0.4 is 15.9 Å². The molecular weight excluding hydrogens is 664 g/mol. The predicted molar refractivity (Wildman–Crippen MR) is 208 cm³/mol. The predicted octanol–water partition coefficient (Wildman–Crippen LogP) is 10.00. The molecule has 6 aromatic carbocycles. The topological polar surface area (TPSA) is 56.0 Å². The van der Waals surface area contributed by atoms with Gasteiger partial charge >= 0.3 is 0 Å². The van der Waals surface area contributed by atoms with E-state index in [2.05, 4.69) is 107 Å². The third-order valence-electron chi connectivity index (χ3n) is 10.7. The van der Waals surface area contributed by atoms with Crippen molar-refractivity contribution in [2.75, 3.05) is 0 Å². The van der Waals surface area contributed by atoms with Gasteiger partial charge in [0.05, 0.1) is 5.41 Å². The fourth-order valence-electron chi connectivity index (χ4n) is 8.61. The monoisotopic (exact) mass is 690 g/mol. The van der Waals surface area contributed by atoms with Gasteiger partial charge in [0.15, 0.2) is 12.8 Å². The van der Waals surface area contributed by atoms with Gasteiger partial charge in [-0.2, -0.15) is 0 Å². The molecule has 2 atom stereocenters. The quantitative estimate of drug-likeness (QED) is 0.169. The molecule has 0 saturated carbocycles. The van der Waals surface area contributed by atoms with E-state index in [9.17, 15) is 0 Å². The van der Waals surface area contributed by atoms with Crippen LogP contribution in [0, 0.1) is 0 Å². The fourth-order valence-corrected chi connectivity index (χ4v) is 13.0. The van der Waals surface area contributed by atoms with E-state index in [0.717, 1.165) is 76.0 Å². The van der Waals surface area contributed by atoms with Crippen LogP contribution in [-0.4, -0.2) is 9.97 Å². The Morgan fingerprint density at radius 2 is 1.27 bits per heavy atom. The molecule has 11 rings (SSSR count). The number of pyridine rings is 2. The lowest BCUT2D eigenvalue weighted by Crippen LogP contribution is -2.48. The van der Waals surface area contributed by atoms with Gasteiger partial charge in [-0.3, -0.25) is 0 Å². The summed E-state index contributed by atoms with van der Waals surface area (Å²) in [6.07, 6.45) is 3.62. The maximum absolute atomic E-state index is 16.3. The Kier molecular flexibility index (Phi) is 6.05. The fraction of sp³-hybridized carbons (Fsp3) is 0.0222. The Labute approximate surface area is 298 Å². The summed E-state index contributed by atoms with van der Waals surface area (Å²) in [6, 6.07) is 52.7. The van der Waals surface area contributed by atoms with E-state index in [1.807, 2.05) is 60.8 Å². The summed E-state index contributed by atoms with van der Waals surface area (Å²) < 4.78 is 22.8. The van der Waals surface area contributed by atoms with Crippen LogP contribution in [0.2, 0.25) is 0 Å². The number of aromatic nitrogens is 2. The molecule has 6 heteroatoms. The molecule has 0 bridgehead atoms. The van der Waals surface area contributed by atoms with E-state index in [0.29, 0.717) is 0 Å². The van der Waals surface area contributed by atoms with Crippen LogP contribution in [0.1, 0.15) is 22.3 Å². The van der Waals surface area contributed by atoms with E-state index in [-0.39, 0.29) is 0 Å². The van der Waals surface area contributed by atoms with Crippen LogP contribution in [0.15, 0.2) is 178 Å². The van der Waals surface area contributed by atoms with E-state index in [1.165, 1.54) is 16.0 Å². The number of hydrogen-bond acceptors (Lipinski definition) is 5. The zero-order chi connectivity index (χ0) is 33.7. The van der Waals surface area contributed by atoms with E-state index in [1.54, 1.807) is 18.0 Å². The lowest BCUT2D eigenvalue weighted by Gasteiger charge is -2.47. The first-order chi connectivity index (χ1) is 25.2. The molecule has 51 heavy (non-hydrogen) atoms. The highest BCUT2D eigenvalue weighted by atomic mass is 32.2. The molecule has 4 nitrogen and oxygen atoms in total. The third kappa shape index (κ3) is 3.85. The highest BCUT2D eigenvalue weighted by Crippen LogP contribution is 2.62. The van der Waals surface area contributed by atoms with Crippen LogP contribution >= 0.6 is 18.9 Å². The number of hydrogen-bond donors (Lipinski definition) is 0. The van der Waals surface area contributed by atoms with Crippen molar-refractivity contribution in [3.8, 4) is 11.1 Å². The largest absolute Gasteiger partial charge is 0.456 e. The van der Waals surface area contributed by atoms with Crippen molar-refractivity contribution in [1.82, 2.24) is 9.97 Å². The second-order valence-corrected chi connectivity index (χ2v) is 17.0. The highest BCUT2D eigenvalue weighted by Gasteiger charge is 2.54. The smallest absolute Gasteiger partial charge is 0.171 e. The molecule has 2 unspecified atom stereocenters. The standard InChI is InChI=1S/C45H27N2O2PS/c48-50(29-11-2-1-3-12-29)40-18-8-5-15-34(40)45(37-26-33-31-13-4-7-17-38(31)49-39(33)27-41(37)50)35-16-6-9-19-42(35)51-43-25-28(20-21-36(43)45)30-22-24-47-44-32(30)14-10-23-46-44/h1-27H. The van der Waals surface area contributed by atoms with Crippen molar-refractivity contribution in [2.24, 2.45) is 0 Å². The molecule has 2 aliphatic heterocycles. The van der Waals surface area contributed by atoms with Gasteiger partial charge in [-0.1, -0.05) is 115 Å². The second-order valence-electron chi connectivity index (χ2n) is 13.2. The van der Waals surface area contributed by atoms with Crippen LogP contribution in [0.3, 0.4) is 0 Å². The van der Waals surface area contributed by atoms with Gasteiger partial charge < -0.3 is 8.98 Å². The molecule has 3 aromatic heterocycles. The molecule has 0 aliphatic carbocycles. The molecule has 0 radical (unpaired) electrons. The summed E-state index contributed by atoms with van der Waals surface area (Å²) in [5, 5.41) is 5.58. The van der Waals surface area contributed by atoms with Gasteiger partial charge in [0.25, 0.3) is 0 Å². The maximum Gasteiger partial charge on any atom is 0.171 e. The molecule has 2 aliphatic rings. The van der Waals surface area contributed by atoms with Crippen LogP contribution in [0.5, 0.6) is 0 Å². The molecule has 9 aromatic rings. The van der Waals surface area contributed by atoms with Gasteiger partial charge in [0.2, 0.25) is 0 Å². The van der Waals surface area contributed by atoms with Crippen molar-refractivity contribution >= 4 is 67.8 Å². The minimum absolute atomic E-state index is 0.727. The van der Waals surface area contributed by atoms with Gasteiger partial charge in [-0.25, -0.2) is 9.97 Å². The Morgan fingerprint density at radius 3 is 2.20 bits per heavy atom. The van der Waals surface area contributed by atoms with Crippen LogP contribution in [0.25, 0.3) is 44.1 Å². The average Bonchev–Trinajstić information content (AvgIpc) is 3.56. The number of para-hydroxylation sites is 1. The Balaban J connectivity index is 1.30. The Bertz CT molecular complexity index is 2950. The zero-order valence-corrected chi connectivity index (χ0v) is 28.9. The number of benzene rings is 6. The second kappa shape index (κ2) is 10.6. The summed E-state index contributed by atoms with van der Waals surface area (Å²) >= 11 is 1.80. The first kappa shape index (κ1) is 29.0. The molecular formula is C45H27N2O2PS. The number of furan rings is 1. The summed E-state index contributed by atoms with van der Waals surface area (Å²) in [5.74, 6) is 0. The lowest BCUT2D eigenvalue weighted by molar-refractivity contribution is 0.589. The minimum atomic E-state index is -3.38. The van der Waals surface area contributed by atoms with Crippen LogP contribution in [0.4, 0.5) is 0 Å². The van der Waals surface area contributed by atoms with Gasteiger partial charge in [-0.15, -0.1) is 0 Å². The molecule has 5 heterocycles. The Hall–Kier alpha value is -5.74. The molecule has 0 saturated heterocycles. The lowest BCUT2D eigenvalue weighted by atomic mass is 9.64. The molecule has 240 valence electrons. The number of fused-ring (bicyclic) bond motifs is 12. The normalized spacial score (nSPS) is 18.7. The van der Waals surface area contributed by atoms with Gasteiger partial charge in [0.1, 0.15) is 11.2 Å². The van der Waals surface area contributed by atoms with Crippen molar-refractivity contribution < 1.29 is 8.98 Å². The molecule has 0 N–H and O–H groups in total. The minimum Gasteiger partial charge on any atom is -0.456 e. The zero-order valence-electron chi connectivity index (χ0n) is 27.2. The molecule has 0 amide bonds. The summed E-state index contributed by atoms with van der Waals surface area (Å²) in [6.45, 7) is 0. The average molecular weight is 691 g/mol. The SMILES string of the molecule is O=P1(c2ccccc2)c2ccccc2C2(c3ccccc3Sc3cc(-c4ccnc5ncccc45)ccc32)c2cc3c(cc21)oc1ccccc13. The first-order valence-electron chi connectivity index (χ1n) is 17.0. The van der Waals surface area contributed by atoms with E-state index >= 15 is 4.57 Å². The van der Waals surface area contributed by atoms with Crippen molar-refractivity contribution in [1.29, 1.82) is 0 Å². The first-order valence-corrected chi connectivity index (χ1v) is 19.5. The maximum atomic E-state index is 16.3.